The molecule has 2 N–H and O–H groups in total. The number of nitrogens with two attached hydrogens (primary N) is 1. The van der Waals surface area contributed by atoms with Crippen molar-refractivity contribution < 1.29 is 9.59 Å². The quantitative estimate of drug-likeness (QED) is 0.853. The molecule has 3 heterocycles. The molecule has 1 aromatic rings. The summed E-state index contributed by atoms with van der Waals surface area (Å²) in [6, 6.07) is 2.26. The summed E-state index contributed by atoms with van der Waals surface area (Å²) in [5, 5.41) is 4.02. The van der Waals surface area contributed by atoms with E-state index in [9.17, 15) is 9.59 Å². The van der Waals surface area contributed by atoms with Gasteiger partial charge in [0.25, 0.3) is 0 Å². The van der Waals surface area contributed by atoms with Gasteiger partial charge < -0.3 is 10.6 Å². The Morgan fingerprint density at radius 3 is 2.65 bits per heavy atom. The Labute approximate surface area is 140 Å². The minimum absolute atomic E-state index is 0.0718. The highest BCUT2D eigenvalue weighted by atomic mass is 32.1. The highest BCUT2D eigenvalue weighted by Gasteiger charge is 2.35. The van der Waals surface area contributed by atoms with E-state index in [-0.39, 0.29) is 17.9 Å². The largest absolute Gasteiger partial charge is 0.368 e. The summed E-state index contributed by atoms with van der Waals surface area (Å²) in [6.07, 6.45) is 7.27. The molecule has 6 heteroatoms. The standard InChI is InChI=1S/C17H23N3O2S/c18-17(22)15-2-1-8-20(15)14-5-9-19(10-6-14)16(21)4-3-13-7-11-23-12-13/h3-4,7,11-12,14-15H,1-2,5-6,8-10H2,(H2,18,22)/b4-3+/t15-/m0/s1. The maximum absolute atomic E-state index is 12.2. The first-order chi connectivity index (χ1) is 11.1. The maximum Gasteiger partial charge on any atom is 0.246 e. The SMILES string of the molecule is NC(=O)[C@@H]1CCCN1C1CCN(C(=O)/C=C/c2ccsc2)CC1. The van der Waals surface area contributed by atoms with Gasteiger partial charge in [-0.1, -0.05) is 0 Å². The predicted molar refractivity (Wildman–Crippen MR) is 91.9 cm³/mol. The first kappa shape index (κ1) is 16.2. The summed E-state index contributed by atoms with van der Waals surface area (Å²) in [6.45, 7) is 2.45. The number of nitrogens with zero attached hydrogens (tertiary/aromatic N) is 2. The summed E-state index contributed by atoms with van der Waals surface area (Å²) in [5.41, 5.74) is 6.57. The fourth-order valence-electron chi connectivity index (χ4n) is 3.59. The lowest BCUT2D eigenvalue weighted by molar-refractivity contribution is -0.129. The van der Waals surface area contributed by atoms with Crippen LogP contribution in [-0.4, -0.2) is 53.3 Å². The molecule has 2 saturated heterocycles. The lowest BCUT2D eigenvalue weighted by Crippen LogP contribution is -2.51. The second-order valence-corrected chi connectivity index (χ2v) is 7.02. The lowest BCUT2D eigenvalue weighted by atomic mass is 10.0. The van der Waals surface area contributed by atoms with Crippen LogP contribution in [0.4, 0.5) is 0 Å². The van der Waals surface area contributed by atoms with E-state index in [4.69, 9.17) is 5.73 Å². The van der Waals surface area contributed by atoms with Gasteiger partial charge in [0, 0.05) is 25.2 Å². The van der Waals surface area contributed by atoms with Gasteiger partial charge >= 0.3 is 0 Å². The number of carbonyl (C=O) groups excluding carboxylic acids is 2. The van der Waals surface area contributed by atoms with Crippen molar-refractivity contribution in [3.05, 3.63) is 28.5 Å². The average Bonchev–Trinajstić information content (AvgIpc) is 3.24. The van der Waals surface area contributed by atoms with Gasteiger partial charge in [0.2, 0.25) is 11.8 Å². The number of piperidine rings is 1. The predicted octanol–water partition coefficient (Wildman–Crippen LogP) is 1.70. The fourth-order valence-corrected chi connectivity index (χ4v) is 4.22. The van der Waals surface area contributed by atoms with E-state index in [2.05, 4.69) is 4.90 Å². The molecule has 0 aromatic carbocycles. The van der Waals surface area contributed by atoms with E-state index in [1.54, 1.807) is 17.4 Å². The van der Waals surface area contributed by atoms with Crippen molar-refractivity contribution >= 4 is 29.2 Å². The molecule has 2 aliphatic rings. The van der Waals surface area contributed by atoms with Crippen molar-refractivity contribution in [2.45, 2.75) is 37.8 Å². The van der Waals surface area contributed by atoms with Crippen LogP contribution in [-0.2, 0) is 9.59 Å². The Hall–Kier alpha value is -1.66. The zero-order valence-corrected chi connectivity index (χ0v) is 14.0. The highest BCUT2D eigenvalue weighted by molar-refractivity contribution is 7.08. The molecule has 124 valence electrons. The van der Waals surface area contributed by atoms with Crippen LogP contribution in [0, 0.1) is 0 Å². The molecule has 0 bridgehead atoms. The van der Waals surface area contributed by atoms with Crippen molar-refractivity contribution in [3.63, 3.8) is 0 Å². The molecule has 2 aliphatic heterocycles. The first-order valence-corrected chi connectivity index (χ1v) is 9.13. The molecule has 0 saturated carbocycles. The Morgan fingerprint density at radius 2 is 2.00 bits per heavy atom. The number of hydrogen-bond acceptors (Lipinski definition) is 4. The van der Waals surface area contributed by atoms with E-state index < -0.39 is 0 Å². The second-order valence-electron chi connectivity index (χ2n) is 6.24. The maximum atomic E-state index is 12.2. The lowest BCUT2D eigenvalue weighted by Gasteiger charge is -2.38. The van der Waals surface area contributed by atoms with Crippen LogP contribution in [0.15, 0.2) is 22.9 Å². The third kappa shape index (κ3) is 3.82. The number of hydrogen-bond donors (Lipinski definition) is 1. The minimum atomic E-state index is -0.209. The van der Waals surface area contributed by atoms with Gasteiger partial charge in [-0.25, -0.2) is 0 Å². The molecular weight excluding hydrogens is 310 g/mol. The van der Waals surface area contributed by atoms with E-state index in [0.29, 0.717) is 6.04 Å². The number of rotatable bonds is 4. The number of likely N-dealkylation sites (tertiary alicyclic amines) is 2. The van der Waals surface area contributed by atoms with E-state index in [1.807, 2.05) is 27.8 Å². The zero-order valence-electron chi connectivity index (χ0n) is 13.2. The van der Waals surface area contributed by atoms with Crippen molar-refractivity contribution in [2.24, 2.45) is 5.73 Å². The highest BCUT2D eigenvalue weighted by Crippen LogP contribution is 2.26. The van der Waals surface area contributed by atoms with Crippen LogP contribution in [0.2, 0.25) is 0 Å². The van der Waals surface area contributed by atoms with Crippen LogP contribution in [0.25, 0.3) is 6.08 Å². The normalized spacial score (nSPS) is 23.7. The van der Waals surface area contributed by atoms with Crippen LogP contribution in [0.3, 0.4) is 0 Å². The Balaban J connectivity index is 1.52. The fraction of sp³-hybridized carbons (Fsp3) is 0.529. The topological polar surface area (TPSA) is 66.6 Å². The second kappa shape index (κ2) is 7.27. The number of amides is 2. The number of primary amides is 1. The molecule has 0 aliphatic carbocycles. The molecule has 0 unspecified atom stereocenters. The zero-order chi connectivity index (χ0) is 16.2. The molecule has 1 aromatic heterocycles. The van der Waals surface area contributed by atoms with Crippen LogP contribution >= 0.6 is 11.3 Å². The third-order valence-corrected chi connectivity index (χ3v) is 5.53. The summed E-state index contributed by atoms with van der Waals surface area (Å²) in [5.74, 6) is -0.137. The van der Waals surface area contributed by atoms with Gasteiger partial charge in [-0.15, -0.1) is 0 Å². The van der Waals surface area contributed by atoms with Crippen molar-refractivity contribution in [1.82, 2.24) is 9.80 Å². The number of thiophene rings is 1. The van der Waals surface area contributed by atoms with Gasteiger partial charge in [0.1, 0.15) is 0 Å². The van der Waals surface area contributed by atoms with E-state index >= 15 is 0 Å². The molecule has 23 heavy (non-hydrogen) atoms. The Morgan fingerprint density at radius 1 is 1.22 bits per heavy atom. The summed E-state index contributed by atoms with van der Waals surface area (Å²) < 4.78 is 0. The molecule has 0 radical (unpaired) electrons. The molecule has 0 spiro atoms. The Kier molecular flexibility index (Phi) is 5.13. The van der Waals surface area contributed by atoms with E-state index in [1.165, 1.54) is 0 Å². The number of carbonyl (C=O) groups is 2. The van der Waals surface area contributed by atoms with Gasteiger partial charge in [-0.2, -0.15) is 11.3 Å². The molecule has 5 nitrogen and oxygen atoms in total. The summed E-state index contributed by atoms with van der Waals surface area (Å²) >= 11 is 1.62. The van der Waals surface area contributed by atoms with Gasteiger partial charge in [-0.05, 0) is 60.7 Å². The minimum Gasteiger partial charge on any atom is -0.368 e. The Bertz CT molecular complexity index is 577. The van der Waals surface area contributed by atoms with Gasteiger partial charge in [0.05, 0.1) is 6.04 Å². The van der Waals surface area contributed by atoms with Gasteiger partial charge in [0.15, 0.2) is 0 Å². The van der Waals surface area contributed by atoms with Crippen LogP contribution < -0.4 is 5.73 Å². The van der Waals surface area contributed by atoms with Crippen LogP contribution in [0.1, 0.15) is 31.2 Å². The monoisotopic (exact) mass is 333 g/mol. The summed E-state index contributed by atoms with van der Waals surface area (Å²) in [4.78, 5) is 27.9. The van der Waals surface area contributed by atoms with Crippen LogP contribution in [0.5, 0.6) is 0 Å². The molecule has 2 fully saturated rings. The summed E-state index contributed by atoms with van der Waals surface area (Å²) in [7, 11) is 0. The molecular formula is C17H23N3O2S. The van der Waals surface area contributed by atoms with Gasteiger partial charge in [-0.3, -0.25) is 14.5 Å². The molecule has 2 amide bonds. The third-order valence-electron chi connectivity index (χ3n) is 4.83. The molecule has 1 atom stereocenters. The van der Waals surface area contributed by atoms with E-state index in [0.717, 1.165) is 50.9 Å². The first-order valence-electron chi connectivity index (χ1n) is 8.19. The smallest absolute Gasteiger partial charge is 0.246 e. The average molecular weight is 333 g/mol. The molecule has 3 rings (SSSR count). The van der Waals surface area contributed by atoms with Crippen molar-refractivity contribution in [2.75, 3.05) is 19.6 Å². The van der Waals surface area contributed by atoms with Crippen molar-refractivity contribution in [3.8, 4) is 0 Å². The van der Waals surface area contributed by atoms with Crippen molar-refractivity contribution in [1.29, 1.82) is 0 Å².